The number of aryl methyl sites for hydroxylation is 1. The van der Waals surface area contributed by atoms with E-state index in [-0.39, 0.29) is 0 Å². The van der Waals surface area contributed by atoms with Gasteiger partial charge in [-0.25, -0.2) is 0 Å². The molecule has 1 aromatic carbocycles. The van der Waals surface area contributed by atoms with E-state index in [9.17, 15) is 9.90 Å². The number of ether oxygens (including phenoxy) is 3. The number of fused-ring (bicyclic) bond motifs is 1. The second-order valence-electron chi connectivity index (χ2n) is 4.52. The number of rotatable bonds is 5. The summed E-state index contributed by atoms with van der Waals surface area (Å²) in [6.45, 7) is 3.31. The lowest BCUT2D eigenvalue weighted by Gasteiger charge is -2.22. The van der Waals surface area contributed by atoms with Crippen LogP contribution in [0.4, 0.5) is 0 Å². The van der Waals surface area contributed by atoms with E-state index in [4.69, 9.17) is 14.2 Å². The van der Waals surface area contributed by atoms with Gasteiger partial charge in [-0.15, -0.1) is 0 Å². The third-order valence-electron chi connectivity index (χ3n) is 3.22. The number of carboxylic acids is 1. The fraction of sp³-hybridized carbons (Fsp3) is 0.500. The van der Waals surface area contributed by atoms with Crippen LogP contribution in [-0.4, -0.2) is 38.0 Å². The normalized spacial score (nSPS) is 15.1. The van der Waals surface area contributed by atoms with Crippen molar-refractivity contribution in [2.24, 2.45) is 0 Å². The number of hydrogen-bond acceptors (Lipinski definition) is 4. The van der Waals surface area contributed by atoms with E-state index in [0.29, 0.717) is 37.7 Å². The molecule has 1 aliphatic heterocycles. The van der Waals surface area contributed by atoms with E-state index in [2.05, 4.69) is 0 Å². The third kappa shape index (κ3) is 2.98. The number of methoxy groups -OCH3 is 1. The van der Waals surface area contributed by atoms with E-state index in [1.807, 2.05) is 13.0 Å². The molecule has 0 spiro atoms. The molecule has 1 aromatic rings. The van der Waals surface area contributed by atoms with Crippen molar-refractivity contribution in [2.45, 2.75) is 19.3 Å². The largest absolute Gasteiger partial charge is 0.486 e. The summed E-state index contributed by atoms with van der Waals surface area (Å²) < 4.78 is 16.0. The Morgan fingerprint density at radius 2 is 2.00 bits per heavy atom. The molecule has 0 aliphatic carbocycles. The molecule has 0 radical (unpaired) electrons. The first-order valence-corrected chi connectivity index (χ1v) is 6.25. The smallest absolute Gasteiger partial charge is 0.311 e. The van der Waals surface area contributed by atoms with Gasteiger partial charge in [0, 0.05) is 13.7 Å². The summed E-state index contributed by atoms with van der Waals surface area (Å²) in [7, 11) is 1.57. The van der Waals surface area contributed by atoms with Gasteiger partial charge in [-0.05, 0) is 36.6 Å². The predicted molar refractivity (Wildman–Crippen MR) is 69.0 cm³/mol. The Hall–Kier alpha value is -1.75. The first-order chi connectivity index (χ1) is 9.13. The molecule has 0 aromatic heterocycles. The molecular weight excluding hydrogens is 248 g/mol. The van der Waals surface area contributed by atoms with Crippen molar-refractivity contribution in [3.8, 4) is 11.5 Å². The minimum atomic E-state index is -0.850. The Morgan fingerprint density at radius 1 is 1.37 bits per heavy atom. The van der Waals surface area contributed by atoms with Crippen LogP contribution in [0.1, 0.15) is 23.5 Å². The summed E-state index contributed by atoms with van der Waals surface area (Å²) in [4.78, 5) is 11.4. The van der Waals surface area contributed by atoms with Gasteiger partial charge in [0.15, 0.2) is 11.5 Å². The number of aliphatic carboxylic acids is 1. The molecular formula is C14H18O5. The lowest BCUT2D eigenvalue weighted by atomic mass is 9.91. The van der Waals surface area contributed by atoms with E-state index in [1.165, 1.54) is 0 Å². The Balaban J connectivity index is 2.33. The van der Waals surface area contributed by atoms with Crippen molar-refractivity contribution in [1.29, 1.82) is 0 Å². The molecule has 0 fully saturated rings. The van der Waals surface area contributed by atoms with E-state index in [0.717, 1.165) is 11.1 Å². The minimum Gasteiger partial charge on any atom is -0.486 e. The zero-order chi connectivity index (χ0) is 13.8. The average Bonchev–Trinajstić information content (AvgIpc) is 2.39. The second kappa shape index (κ2) is 5.93. The van der Waals surface area contributed by atoms with Gasteiger partial charge in [0.1, 0.15) is 13.2 Å². The molecule has 5 nitrogen and oxygen atoms in total. The topological polar surface area (TPSA) is 65.0 Å². The molecule has 2 rings (SSSR count). The van der Waals surface area contributed by atoms with Gasteiger partial charge in [-0.2, -0.15) is 0 Å². The maximum Gasteiger partial charge on any atom is 0.311 e. The molecule has 1 heterocycles. The quantitative estimate of drug-likeness (QED) is 0.882. The lowest BCUT2D eigenvalue weighted by molar-refractivity contribution is -0.139. The zero-order valence-corrected chi connectivity index (χ0v) is 11.1. The van der Waals surface area contributed by atoms with E-state index in [1.54, 1.807) is 13.2 Å². The van der Waals surface area contributed by atoms with Crippen LogP contribution >= 0.6 is 0 Å². The molecule has 0 saturated carbocycles. The number of carbonyl (C=O) groups is 1. The first-order valence-electron chi connectivity index (χ1n) is 6.25. The molecule has 0 saturated heterocycles. The summed E-state index contributed by atoms with van der Waals surface area (Å²) in [5.74, 6) is -0.133. The SMILES string of the molecule is COCCC(C(=O)O)c1cc2c(cc1C)OCCO2. The summed E-state index contributed by atoms with van der Waals surface area (Å²) >= 11 is 0. The van der Waals surface area contributed by atoms with Crippen LogP contribution in [0.25, 0.3) is 0 Å². The van der Waals surface area contributed by atoms with E-state index < -0.39 is 11.9 Å². The van der Waals surface area contributed by atoms with Gasteiger partial charge in [0.2, 0.25) is 0 Å². The van der Waals surface area contributed by atoms with Gasteiger partial charge in [-0.1, -0.05) is 0 Å². The zero-order valence-electron chi connectivity index (χ0n) is 11.1. The summed E-state index contributed by atoms with van der Waals surface area (Å²) in [5.41, 5.74) is 1.65. The average molecular weight is 266 g/mol. The van der Waals surface area contributed by atoms with Crippen LogP contribution < -0.4 is 9.47 Å². The van der Waals surface area contributed by atoms with Gasteiger partial charge < -0.3 is 19.3 Å². The number of hydrogen-bond donors (Lipinski definition) is 1. The molecule has 1 aliphatic rings. The van der Waals surface area contributed by atoms with Crippen molar-refractivity contribution in [3.63, 3.8) is 0 Å². The monoisotopic (exact) mass is 266 g/mol. The molecule has 1 unspecified atom stereocenters. The van der Waals surface area contributed by atoms with Crippen molar-refractivity contribution in [1.82, 2.24) is 0 Å². The van der Waals surface area contributed by atoms with Crippen molar-refractivity contribution in [3.05, 3.63) is 23.3 Å². The summed E-state index contributed by atoms with van der Waals surface area (Å²) in [6.07, 6.45) is 0.437. The lowest BCUT2D eigenvalue weighted by Crippen LogP contribution is -2.18. The fourth-order valence-corrected chi connectivity index (χ4v) is 2.23. The van der Waals surface area contributed by atoms with E-state index >= 15 is 0 Å². The van der Waals surface area contributed by atoms with Crippen LogP contribution in [0.2, 0.25) is 0 Å². The highest BCUT2D eigenvalue weighted by Crippen LogP contribution is 2.36. The second-order valence-corrected chi connectivity index (χ2v) is 4.52. The van der Waals surface area contributed by atoms with Crippen molar-refractivity contribution < 1.29 is 24.1 Å². The Morgan fingerprint density at radius 3 is 2.58 bits per heavy atom. The molecule has 104 valence electrons. The highest BCUT2D eigenvalue weighted by atomic mass is 16.6. The van der Waals surface area contributed by atoms with Crippen LogP contribution in [0, 0.1) is 6.92 Å². The summed E-state index contributed by atoms with van der Waals surface area (Å²) in [6, 6.07) is 3.62. The maximum atomic E-state index is 11.4. The van der Waals surface area contributed by atoms with Gasteiger partial charge in [-0.3, -0.25) is 4.79 Å². The maximum absolute atomic E-state index is 11.4. The standard InChI is InChI=1S/C14H18O5/c1-9-7-12-13(19-6-5-18-12)8-11(9)10(14(15)16)3-4-17-2/h7-8,10H,3-6H2,1-2H3,(H,15,16). The van der Waals surface area contributed by atoms with Crippen LogP contribution in [0.3, 0.4) is 0 Å². The molecule has 1 N–H and O–H groups in total. The molecule has 0 amide bonds. The van der Waals surface area contributed by atoms with Crippen LogP contribution in [-0.2, 0) is 9.53 Å². The van der Waals surface area contributed by atoms with Gasteiger partial charge in [0.05, 0.1) is 5.92 Å². The number of benzene rings is 1. The Labute approximate surface area is 112 Å². The predicted octanol–water partition coefficient (Wildman–Crippen LogP) is 1.97. The fourth-order valence-electron chi connectivity index (χ4n) is 2.23. The molecule has 5 heteroatoms. The highest BCUT2D eigenvalue weighted by molar-refractivity contribution is 5.77. The van der Waals surface area contributed by atoms with Crippen LogP contribution in [0.5, 0.6) is 11.5 Å². The van der Waals surface area contributed by atoms with Crippen molar-refractivity contribution in [2.75, 3.05) is 26.9 Å². The Bertz CT molecular complexity index is 469. The van der Waals surface area contributed by atoms with Crippen LogP contribution in [0.15, 0.2) is 12.1 Å². The minimum absolute atomic E-state index is 0.408. The Kier molecular flexibility index (Phi) is 4.27. The number of carboxylic acid groups (broad SMARTS) is 1. The third-order valence-corrected chi connectivity index (χ3v) is 3.22. The highest BCUT2D eigenvalue weighted by Gasteiger charge is 2.24. The molecule has 19 heavy (non-hydrogen) atoms. The molecule has 1 atom stereocenters. The van der Waals surface area contributed by atoms with Crippen molar-refractivity contribution >= 4 is 5.97 Å². The summed E-state index contributed by atoms with van der Waals surface area (Å²) in [5, 5.41) is 9.35. The molecule has 0 bridgehead atoms. The van der Waals surface area contributed by atoms with Gasteiger partial charge in [0.25, 0.3) is 0 Å². The first kappa shape index (κ1) is 13.7. The van der Waals surface area contributed by atoms with Gasteiger partial charge >= 0.3 is 5.97 Å².